The quantitative estimate of drug-likeness (QED) is 0.538. The number of carboxylic acids is 1. The minimum atomic E-state index is -0.684. The molecular formula is C24H35FO2. The van der Waals surface area contributed by atoms with Gasteiger partial charge in [0.25, 0.3) is 0 Å². The van der Waals surface area contributed by atoms with Crippen molar-refractivity contribution in [2.24, 2.45) is 17.8 Å². The first-order chi connectivity index (χ1) is 13.1. The fourth-order valence-electron chi connectivity index (χ4n) is 5.83. The lowest BCUT2D eigenvalue weighted by atomic mass is 9.56. The molecule has 1 aromatic carbocycles. The summed E-state index contributed by atoms with van der Waals surface area (Å²) in [4.78, 5) is 11.4. The Balaban J connectivity index is 1.74. The number of benzene rings is 1. The summed E-state index contributed by atoms with van der Waals surface area (Å²) in [6, 6.07) is 7.25. The molecule has 150 valence electrons. The number of aliphatic carboxylic acids is 1. The van der Waals surface area contributed by atoms with E-state index in [0.29, 0.717) is 18.8 Å². The van der Waals surface area contributed by atoms with Gasteiger partial charge < -0.3 is 5.11 Å². The van der Waals surface area contributed by atoms with E-state index >= 15 is 0 Å². The number of halogens is 1. The van der Waals surface area contributed by atoms with Gasteiger partial charge in [0.15, 0.2) is 0 Å². The van der Waals surface area contributed by atoms with Crippen LogP contribution < -0.4 is 0 Å². The highest BCUT2D eigenvalue weighted by atomic mass is 19.1. The lowest BCUT2D eigenvalue weighted by Gasteiger charge is -2.48. The van der Waals surface area contributed by atoms with Gasteiger partial charge in [-0.05, 0) is 62.0 Å². The molecule has 0 spiro atoms. The SMILES string of the molecule is CCCCCC1CCC(C2(c3ccccc3F)CCC(C(=O)O)CC2)CC1. The minimum absolute atomic E-state index is 0.101. The summed E-state index contributed by atoms with van der Waals surface area (Å²) in [5.74, 6) is 0.288. The second-order valence-corrected chi connectivity index (χ2v) is 8.96. The van der Waals surface area contributed by atoms with Crippen LogP contribution in [0.5, 0.6) is 0 Å². The van der Waals surface area contributed by atoms with Gasteiger partial charge in [-0.3, -0.25) is 4.79 Å². The van der Waals surface area contributed by atoms with Crippen molar-refractivity contribution < 1.29 is 14.3 Å². The van der Waals surface area contributed by atoms with E-state index in [0.717, 1.165) is 24.3 Å². The molecule has 2 nitrogen and oxygen atoms in total. The van der Waals surface area contributed by atoms with E-state index in [4.69, 9.17) is 0 Å². The van der Waals surface area contributed by atoms with Gasteiger partial charge >= 0.3 is 5.97 Å². The molecule has 1 aromatic rings. The average molecular weight is 375 g/mol. The Kier molecular flexibility index (Phi) is 6.94. The maximum Gasteiger partial charge on any atom is 0.306 e. The van der Waals surface area contributed by atoms with Crippen LogP contribution in [0.1, 0.15) is 89.5 Å². The molecule has 0 bridgehead atoms. The summed E-state index contributed by atoms with van der Waals surface area (Å²) in [5.41, 5.74) is 0.689. The van der Waals surface area contributed by atoms with E-state index in [9.17, 15) is 14.3 Å². The first-order valence-electron chi connectivity index (χ1n) is 11.0. The number of unbranched alkanes of at least 4 members (excludes halogenated alkanes) is 2. The van der Waals surface area contributed by atoms with Crippen LogP contribution in [0.25, 0.3) is 0 Å². The number of carboxylic acid groups (broad SMARTS) is 1. The second-order valence-electron chi connectivity index (χ2n) is 8.96. The lowest BCUT2D eigenvalue weighted by molar-refractivity contribution is -0.143. The Morgan fingerprint density at radius 2 is 1.74 bits per heavy atom. The van der Waals surface area contributed by atoms with Crippen molar-refractivity contribution in [3.05, 3.63) is 35.6 Å². The monoisotopic (exact) mass is 374 g/mol. The number of hydrogen-bond donors (Lipinski definition) is 1. The van der Waals surface area contributed by atoms with Gasteiger partial charge in [-0.25, -0.2) is 4.39 Å². The second kappa shape index (κ2) is 9.21. The summed E-state index contributed by atoms with van der Waals surface area (Å²) in [7, 11) is 0. The normalized spacial score (nSPS) is 31.6. The molecule has 2 saturated carbocycles. The largest absolute Gasteiger partial charge is 0.481 e. The van der Waals surface area contributed by atoms with E-state index < -0.39 is 5.97 Å². The van der Waals surface area contributed by atoms with Gasteiger partial charge in [-0.2, -0.15) is 0 Å². The maximum atomic E-state index is 14.8. The predicted molar refractivity (Wildman–Crippen MR) is 107 cm³/mol. The van der Waals surface area contributed by atoms with Crippen LogP contribution in [0.15, 0.2) is 24.3 Å². The Morgan fingerprint density at radius 3 is 2.33 bits per heavy atom. The number of rotatable bonds is 7. The molecule has 0 radical (unpaired) electrons. The molecule has 3 rings (SSSR count). The van der Waals surface area contributed by atoms with E-state index in [1.54, 1.807) is 12.1 Å². The maximum absolute atomic E-state index is 14.8. The van der Waals surface area contributed by atoms with Gasteiger partial charge in [0.05, 0.1) is 5.92 Å². The van der Waals surface area contributed by atoms with Crippen LogP contribution in [-0.2, 0) is 10.2 Å². The van der Waals surface area contributed by atoms with Crippen LogP contribution in [0.2, 0.25) is 0 Å². The molecule has 1 N–H and O–H groups in total. The van der Waals surface area contributed by atoms with Crippen molar-refractivity contribution in [2.45, 2.75) is 89.4 Å². The third kappa shape index (κ3) is 4.55. The standard InChI is InChI=1S/C24H35FO2/c1-2-3-4-7-18-10-12-20(13-11-18)24(21-8-5-6-9-22(21)25)16-14-19(15-17-24)23(26)27/h5-6,8-9,18-20H,2-4,7,10-17H2,1H3,(H,26,27). The fraction of sp³-hybridized carbons (Fsp3) is 0.708. The van der Waals surface area contributed by atoms with Crippen LogP contribution in [-0.4, -0.2) is 11.1 Å². The van der Waals surface area contributed by atoms with Crippen molar-refractivity contribution in [3.63, 3.8) is 0 Å². The third-order valence-corrected chi connectivity index (χ3v) is 7.48. The fourth-order valence-corrected chi connectivity index (χ4v) is 5.83. The van der Waals surface area contributed by atoms with Gasteiger partial charge in [-0.1, -0.05) is 63.6 Å². The minimum Gasteiger partial charge on any atom is -0.481 e. The molecule has 3 heteroatoms. The van der Waals surface area contributed by atoms with Gasteiger partial charge in [0, 0.05) is 5.41 Å². The van der Waals surface area contributed by atoms with Crippen LogP contribution in [0.4, 0.5) is 4.39 Å². The molecule has 27 heavy (non-hydrogen) atoms. The molecule has 0 atom stereocenters. The number of carbonyl (C=O) groups is 1. The van der Waals surface area contributed by atoms with Gasteiger partial charge in [0.2, 0.25) is 0 Å². The third-order valence-electron chi connectivity index (χ3n) is 7.48. The van der Waals surface area contributed by atoms with Crippen molar-refractivity contribution >= 4 is 5.97 Å². The van der Waals surface area contributed by atoms with Crippen molar-refractivity contribution in [2.75, 3.05) is 0 Å². The smallest absolute Gasteiger partial charge is 0.306 e. The first kappa shape index (κ1) is 20.4. The number of hydrogen-bond acceptors (Lipinski definition) is 1. The summed E-state index contributed by atoms with van der Waals surface area (Å²) >= 11 is 0. The van der Waals surface area contributed by atoms with Gasteiger partial charge in [-0.15, -0.1) is 0 Å². The molecule has 0 aromatic heterocycles. The Hall–Kier alpha value is -1.38. The van der Waals surface area contributed by atoms with E-state index in [-0.39, 0.29) is 17.2 Å². The topological polar surface area (TPSA) is 37.3 Å². The van der Waals surface area contributed by atoms with Crippen LogP contribution in [0.3, 0.4) is 0 Å². The van der Waals surface area contributed by atoms with Crippen molar-refractivity contribution in [3.8, 4) is 0 Å². The Labute approximate surface area is 163 Å². The summed E-state index contributed by atoms with van der Waals surface area (Å²) < 4.78 is 14.8. The summed E-state index contributed by atoms with van der Waals surface area (Å²) in [5, 5.41) is 9.41. The highest BCUT2D eigenvalue weighted by Gasteiger charge is 2.46. The zero-order chi connectivity index (χ0) is 19.3. The molecule has 0 aliphatic heterocycles. The summed E-state index contributed by atoms with van der Waals surface area (Å²) in [6.45, 7) is 2.25. The van der Waals surface area contributed by atoms with Crippen molar-refractivity contribution in [1.82, 2.24) is 0 Å². The molecule has 0 heterocycles. The van der Waals surface area contributed by atoms with Crippen LogP contribution >= 0.6 is 0 Å². The predicted octanol–water partition coefficient (Wildman–Crippen LogP) is 6.73. The first-order valence-corrected chi connectivity index (χ1v) is 11.0. The van der Waals surface area contributed by atoms with Crippen LogP contribution in [0, 0.1) is 23.6 Å². The van der Waals surface area contributed by atoms with E-state index in [2.05, 4.69) is 6.92 Å². The van der Waals surface area contributed by atoms with Gasteiger partial charge in [0.1, 0.15) is 5.82 Å². The molecule has 2 fully saturated rings. The average Bonchev–Trinajstić information content (AvgIpc) is 2.69. The Morgan fingerprint density at radius 1 is 1.07 bits per heavy atom. The van der Waals surface area contributed by atoms with E-state index in [1.807, 2.05) is 12.1 Å². The molecule has 0 amide bonds. The highest BCUT2D eigenvalue weighted by Crippen LogP contribution is 2.52. The molecular weight excluding hydrogens is 339 g/mol. The zero-order valence-electron chi connectivity index (χ0n) is 16.8. The lowest BCUT2D eigenvalue weighted by Crippen LogP contribution is -2.42. The highest BCUT2D eigenvalue weighted by molar-refractivity contribution is 5.70. The molecule has 2 aliphatic rings. The summed E-state index contributed by atoms with van der Waals surface area (Å²) in [6.07, 6.45) is 13.1. The van der Waals surface area contributed by atoms with E-state index in [1.165, 1.54) is 51.4 Å². The molecule has 0 saturated heterocycles. The zero-order valence-corrected chi connectivity index (χ0v) is 16.8. The molecule has 2 aliphatic carbocycles. The van der Waals surface area contributed by atoms with Crippen molar-refractivity contribution in [1.29, 1.82) is 0 Å². The molecule has 0 unspecified atom stereocenters. The Bertz CT molecular complexity index is 611.